The normalized spacial score (nSPS) is 18.1. The SMILES string of the molecule is NC(=S)NNC(c1ccccc1)C1CCc2ccccc2C1=O. The predicted octanol–water partition coefficient (Wildman–Crippen LogP) is 2.51. The van der Waals surface area contributed by atoms with Crippen LogP contribution in [0.2, 0.25) is 0 Å². The molecule has 5 heteroatoms. The van der Waals surface area contributed by atoms with Gasteiger partial charge in [-0.25, -0.2) is 5.43 Å². The second-order valence-electron chi connectivity index (χ2n) is 5.69. The number of hydrogen-bond acceptors (Lipinski definition) is 3. The Hall–Kier alpha value is -2.24. The number of carbonyl (C=O) groups excluding carboxylic acids is 1. The fraction of sp³-hybridized carbons (Fsp3) is 0.222. The van der Waals surface area contributed by atoms with Crippen molar-refractivity contribution >= 4 is 23.1 Å². The van der Waals surface area contributed by atoms with Crippen LogP contribution >= 0.6 is 12.2 Å². The van der Waals surface area contributed by atoms with E-state index in [1.807, 2.05) is 54.6 Å². The molecule has 2 aromatic rings. The van der Waals surface area contributed by atoms with Gasteiger partial charge in [-0.2, -0.15) is 0 Å². The Kier molecular flexibility index (Phi) is 4.69. The second kappa shape index (κ2) is 6.89. The lowest BCUT2D eigenvalue weighted by Crippen LogP contribution is -2.47. The number of fused-ring (bicyclic) bond motifs is 1. The zero-order valence-corrected chi connectivity index (χ0v) is 13.5. The highest BCUT2D eigenvalue weighted by molar-refractivity contribution is 7.80. The minimum atomic E-state index is -0.182. The van der Waals surface area contributed by atoms with Crippen molar-refractivity contribution in [1.29, 1.82) is 0 Å². The van der Waals surface area contributed by atoms with Crippen molar-refractivity contribution in [2.45, 2.75) is 18.9 Å². The molecule has 0 bridgehead atoms. The number of ketones is 1. The molecule has 0 heterocycles. The molecule has 0 amide bonds. The molecule has 4 N–H and O–H groups in total. The third-order valence-electron chi connectivity index (χ3n) is 4.26. The summed E-state index contributed by atoms with van der Waals surface area (Å²) in [4.78, 5) is 12.9. The number of aryl methyl sites for hydroxylation is 1. The number of benzene rings is 2. The Balaban J connectivity index is 1.91. The van der Waals surface area contributed by atoms with Crippen molar-refractivity contribution < 1.29 is 4.79 Å². The topological polar surface area (TPSA) is 67.2 Å². The second-order valence-corrected chi connectivity index (χ2v) is 6.13. The number of nitrogens with one attached hydrogen (secondary N) is 2. The molecule has 118 valence electrons. The molecule has 0 saturated carbocycles. The summed E-state index contributed by atoms with van der Waals surface area (Å²) in [5.41, 5.74) is 14.4. The average molecular weight is 325 g/mol. The molecule has 0 aromatic heterocycles. The molecule has 1 aliphatic carbocycles. The first-order valence-electron chi connectivity index (χ1n) is 7.65. The van der Waals surface area contributed by atoms with Crippen LogP contribution in [-0.4, -0.2) is 10.9 Å². The third-order valence-corrected chi connectivity index (χ3v) is 4.36. The van der Waals surface area contributed by atoms with Gasteiger partial charge in [-0.1, -0.05) is 54.6 Å². The number of thiocarbonyl (C=S) groups is 1. The molecule has 23 heavy (non-hydrogen) atoms. The Morgan fingerprint density at radius 3 is 2.57 bits per heavy atom. The van der Waals surface area contributed by atoms with Crippen LogP contribution in [0.15, 0.2) is 54.6 Å². The van der Waals surface area contributed by atoms with Gasteiger partial charge in [0.2, 0.25) is 0 Å². The van der Waals surface area contributed by atoms with Crippen LogP contribution in [0.25, 0.3) is 0 Å². The first-order valence-corrected chi connectivity index (χ1v) is 8.05. The van der Waals surface area contributed by atoms with E-state index in [1.165, 1.54) is 0 Å². The minimum Gasteiger partial charge on any atom is -0.375 e. The van der Waals surface area contributed by atoms with Gasteiger partial charge in [-0.3, -0.25) is 10.2 Å². The molecule has 0 saturated heterocycles. The third kappa shape index (κ3) is 3.41. The van der Waals surface area contributed by atoms with Crippen molar-refractivity contribution in [2.24, 2.45) is 11.7 Å². The van der Waals surface area contributed by atoms with E-state index in [9.17, 15) is 4.79 Å². The van der Waals surface area contributed by atoms with Crippen molar-refractivity contribution in [2.75, 3.05) is 0 Å². The predicted molar refractivity (Wildman–Crippen MR) is 94.8 cm³/mol. The van der Waals surface area contributed by atoms with E-state index in [4.69, 9.17) is 18.0 Å². The maximum atomic E-state index is 12.9. The van der Waals surface area contributed by atoms with Crippen LogP contribution in [0.4, 0.5) is 0 Å². The van der Waals surface area contributed by atoms with Gasteiger partial charge in [0.1, 0.15) is 0 Å². The van der Waals surface area contributed by atoms with E-state index < -0.39 is 0 Å². The van der Waals surface area contributed by atoms with Crippen molar-refractivity contribution in [3.05, 3.63) is 71.3 Å². The van der Waals surface area contributed by atoms with Gasteiger partial charge in [0.25, 0.3) is 0 Å². The molecule has 0 radical (unpaired) electrons. The molecular weight excluding hydrogens is 306 g/mol. The van der Waals surface area contributed by atoms with E-state index in [2.05, 4.69) is 10.9 Å². The average Bonchev–Trinajstić information content (AvgIpc) is 2.58. The minimum absolute atomic E-state index is 0.158. The Morgan fingerprint density at radius 1 is 1.13 bits per heavy atom. The van der Waals surface area contributed by atoms with E-state index in [0.717, 1.165) is 29.5 Å². The molecule has 0 spiro atoms. The van der Waals surface area contributed by atoms with Crippen LogP contribution in [0.1, 0.15) is 33.9 Å². The summed E-state index contributed by atoms with van der Waals surface area (Å²) in [7, 11) is 0. The van der Waals surface area contributed by atoms with E-state index >= 15 is 0 Å². The first kappa shape index (κ1) is 15.6. The van der Waals surface area contributed by atoms with E-state index in [1.54, 1.807) is 0 Å². The summed E-state index contributed by atoms with van der Waals surface area (Å²) in [6.45, 7) is 0. The maximum Gasteiger partial charge on any atom is 0.178 e. The summed E-state index contributed by atoms with van der Waals surface area (Å²) in [6.07, 6.45) is 1.69. The van der Waals surface area contributed by atoms with Crippen LogP contribution < -0.4 is 16.6 Å². The molecule has 0 aliphatic heterocycles. The molecule has 3 rings (SSSR count). The van der Waals surface area contributed by atoms with Gasteiger partial charge in [-0.05, 0) is 36.2 Å². The number of hydrogen-bond donors (Lipinski definition) is 3. The van der Waals surface area contributed by atoms with Crippen LogP contribution in [0.5, 0.6) is 0 Å². The number of carbonyl (C=O) groups is 1. The lowest BCUT2D eigenvalue weighted by Gasteiger charge is -2.31. The monoisotopic (exact) mass is 325 g/mol. The number of rotatable bonds is 4. The molecule has 1 aliphatic rings. The lowest BCUT2D eigenvalue weighted by molar-refractivity contribution is 0.0863. The molecule has 4 nitrogen and oxygen atoms in total. The van der Waals surface area contributed by atoms with Gasteiger partial charge in [-0.15, -0.1) is 0 Å². The molecular formula is C18H19N3OS. The van der Waals surface area contributed by atoms with Gasteiger partial charge in [0.05, 0.1) is 6.04 Å². The Morgan fingerprint density at radius 2 is 1.83 bits per heavy atom. The largest absolute Gasteiger partial charge is 0.375 e. The zero-order valence-electron chi connectivity index (χ0n) is 12.7. The summed E-state index contributed by atoms with van der Waals surface area (Å²) in [5, 5.41) is 0.162. The molecule has 0 fully saturated rings. The van der Waals surface area contributed by atoms with Crippen LogP contribution in [0.3, 0.4) is 0 Å². The van der Waals surface area contributed by atoms with Gasteiger partial charge >= 0.3 is 0 Å². The standard InChI is InChI=1S/C18H19N3OS/c19-18(23)21-20-16(13-7-2-1-3-8-13)15-11-10-12-6-4-5-9-14(12)17(15)22/h1-9,15-16,20H,10-11H2,(H3,19,21,23). The Bertz CT molecular complexity index is 717. The van der Waals surface area contributed by atoms with E-state index in [-0.39, 0.29) is 22.9 Å². The summed E-state index contributed by atoms with van der Waals surface area (Å²) in [6, 6.07) is 17.6. The highest BCUT2D eigenvalue weighted by atomic mass is 32.1. The van der Waals surface area contributed by atoms with Crippen molar-refractivity contribution in [3.63, 3.8) is 0 Å². The van der Waals surface area contributed by atoms with Crippen LogP contribution in [0, 0.1) is 5.92 Å². The van der Waals surface area contributed by atoms with Crippen molar-refractivity contribution in [1.82, 2.24) is 10.9 Å². The fourth-order valence-corrected chi connectivity index (χ4v) is 3.22. The smallest absolute Gasteiger partial charge is 0.178 e. The Labute approximate surface area is 141 Å². The number of nitrogens with two attached hydrogens (primary N) is 1. The molecule has 2 atom stereocenters. The number of Topliss-reactive ketones (excluding diaryl/α,β-unsaturated/α-hetero) is 1. The highest BCUT2D eigenvalue weighted by Crippen LogP contribution is 2.33. The quantitative estimate of drug-likeness (QED) is 0.595. The van der Waals surface area contributed by atoms with E-state index in [0.29, 0.717) is 0 Å². The van der Waals surface area contributed by atoms with Gasteiger partial charge in [0, 0.05) is 11.5 Å². The van der Waals surface area contributed by atoms with Crippen molar-refractivity contribution in [3.8, 4) is 0 Å². The summed E-state index contributed by atoms with van der Waals surface area (Å²) in [5.74, 6) is 0.00657. The first-order chi connectivity index (χ1) is 11.2. The van der Waals surface area contributed by atoms with Gasteiger partial charge in [0.15, 0.2) is 10.9 Å². The molecule has 2 unspecified atom stereocenters. The fourth-order valence-electron chi connectivity index (χ4n) is 3.16. The van der Waals surface area contributed by atoms with Crippen LogP contribution in [-0.2, 0) is 6.42 Å². The number of hydrazine groups is 1. The summed E-state index contributed by atoms with van der Waals surface area (Å²) < 4.78 is 0. The lowest BCUT2D eigenvalue weighted by atomic mass is 9.77. The summed E-state index contributed by atoms with van der Waals surface area (Å²) >= 11 is 4.88. The zero-order chi connectivity index (χ0) is 16.2. The maximum absolute atomic E-state index is 12.9. The highest BCUT2D eigenvalue weighted by Gasteiger charge is 2.34. The molecule has 2 aromatic carbocycles. The van der Waals surface area contributed by atoms with Gasteiger partial charge < -0.3 is 5.73 Å².